The topological polar surface area (TPSA) is 69.6 Å². The molecule has 0 saturated heterocycles. The van der Waals surface area contributed by atoms with Gasteiger partial charge >= 0.3 is 0 Å². The van der Waals surface area contributed by atoms with Crippen molar-refractivity contribution in [3.63, 3.8) is 0 Å². The largest absolute Gasteiger partial charge is 0.481 e. The lowest BCUT2D eigenvalue weighted by Crippen LogP contribution is -2.11. The number of rotatable bonds is 2. The average molecular weight is 270 g/mol. The van der Waals surface area contributed by atoms with Gasteiger partial charge in [0.25, 0.3) is 5.91 Å². The second-order valence-corrected chi connectivity index (χ2v) is 3.86. The molecule has 2 aromatic heterocycles. The number of carbonyl (C=O) groups is 1. The van der Waals surface area contributed by atoms with Crippen molar-refractivity contribution in [1.82, 2.24) is 9.61 Å². The SMILES string of the molecule is COc1cc(Br)cc2cc(C(N)=O)nn12. The van der Waals surface area contributed by atoms with E-state index in [-0.39, 0.29) is 5.69 Å². The van der Waals surface area contributed by atoms with Crippen LogP contribution in [0.2, 0.25) is 0 Å². The van der Waals surface area contributed by atoms with Crippen LogP contribution < -0.4 is 10.5 Å². The lowest BCUT2D eigenvalue weighted by Gasteiger charge is -2.02. The van der Waals surface area contributed by atoms with Crippen molar-refractivity contribution in [3.05, 3.63) is 28.4 Å². The summed E-state index contributed by atoms with van der Waals surface area (Å²) in [5, 5.41) is 4.02. The highest BCUT2D eigenvalue weighted by Crippen LogP contribution is 2.22. The van der Waals surface area contributed by atoms with E-state index >= 15 is 0 Å². The normalized spacial score (nSPS) is 10.5. The number of nitrogens with two attached hydrogens (primary N) is 1. The van der Waals surface area contributed by atoms with Gasteiger partial charge in [0.15, 0.2) is 5.69 Å². The predicted molar refractivity (Wildman–Crippen MR) is 58.0 cm³/mol. The number of halogens is 1. The molecule has 0 bridgehead atoms. The van der Waals surface area contributed by atoms with Crippen LogP contribution in [0.25, 0.3) is 5.52 Å². The zero-order chi connectivity index (χ0) is 11.0. The molecule has 6 heteroatoms. The van der Waals surface area contributed by atoms with Gasteiger partial charge in [-0.05, 0) is 12.1 Å². The van der Waals surface area contributed by atoms with E-state index < -0.39 is 5.91 Å². The Hall–Kier alpha value is -1.56. The maximum absolute atomic E-state index is 10.9. The van der Waals surface area contributed by atoms with E-state index in [0.29, 0.717) is 5.88 Å². The Labute approximate surface area is 94.0 Å². The Balaban J connectivity index is 2.74. The predicted octanol–water partition coefficient (Wildman–Crippen LogP) is 1.20. The van der Waals surface area contributed by atoms with Crippen LogP contribution in [0.4, 0.5) is 0 Å². The molecule has 0 fully saturated rings. The lowest BCUT2D eigenvalue weighted by molar-refractivity contribution is 0.0995. The molecule has 15 heavy (non-hydrogen) atoms. The molecule has 0 aliphatic rings. The molecule has 0 atom stereocenters. The van der Waals surface area contributed by atoms with E-state index in [9.17, 15) is 4.79 Å². The monoisotopic (exact) mass is 269 g/mol. The number of aromatic nitrogens is 2. The Bertz CT molecular complexity index is 535. The number of primary amides is 1. The van der Waals surface area contributed by atoms with Crippen molar-refractivity contribution in [3.8, 4) is 5.88 Å². The highest BCUT2D eigenvalue weighted by atomic mass is 79.9. The summed E-state index contributed by atoms with van der Waals surface area (Å²) in [6.45, 7) is 0. The van der Waals surface area contributed by atoms with E-state index in [1.54, 1.807) is 12.1 Å². The Kier molecular flexibility index (Phi) is 2.36. The van der Waals surface area contributed by atoms with Gasteiger partial charge in [0.05, 0.1) is 12.6 Å². The zero-order valence-electron chi connectivity index (χ0n) is 7.90. The molecule has 0 aliphatic heterocycles. The van der Waals surface area contributed by atoms with Crippen molar-refractivity contribution in [2.45, 2.75) is 0 Å². The number of hydrogen-bond acceptors (Lipinski definition) is 3. The van der Waals surface area contributed by atoms with E-state index in [1.165, 1.54) is 11.6 Å². The van der Waals surface area contributed by atoms with Gasteiger partial charge in [0.2, 0.25) is 5.88 Å². The zero-order valence-corrected chi connectivity index (χ0v) is 9.48. The number of fused-ring (bicyclic) bond motifs is 1. The summed E-state index contributed by atoms with van der Waals surface area (Å²) in [4.78, 5) is 10.9. The van der Waals surface area contributed by atoms with Gasteiger partial charge in [-0.1, -0.05) is 15.9 Å². The van der Waals surface area contributed by atoms with Gasteiger partial charge in [-0.3, -0.25) is 4.79 Å². The van der Waals surface area contributed by atoms with Gasteiger partial charge in [-0.15, -0.1) is 0 Å². The smallest absolute Gasteiger partial charge is 0.269 e. The quantitative estimate of drug-likeness (QED) is 0.891. The molecule has 0 aromatic carbocycles. The van der Waals surface area contributed by atoms with Crippen LogP contribution in [0.3, 0.4) is 0 Å². The summed E-state index contributed by atoms with van der Waals surface area (Å²) in [7, 11) is 1.53. The second-order valence-electron chi connectivity index (χ2n) is 2.95. The van der Waals surface area contributed by atoms with Crippen LogP contribution in [-0.4, -0.2) is 22.6 Å². The molecule has 0 spiro atoms. The van der Waals surface area contributed by atoms with Crippen molar-refractivity contribution in [1.29, 1.82) is 0 Å². The molecule has 2 rings (SSSR count). The summed E-state index contributed by atoms with van der Waals surface area (Å²) in [6, 6.07) is 5.18. The number of pyridine rings is 1. The van der Waals surface area contributed by atoms with Crippen molar-refractivity contribution in [2.75, 3.05) is 7.11 Å². The Morgan fingerprint density at radius 3 is 2.87 bits per heavy atom. The van der Waals surface area contributed by atoms with Crippen LogP contribution in [0.1, 0.15) is 10.5 Å². The highest BCUT2D eigenvalue weighted by Gasteiger charge is 2.10. The first-order chi connectivity index (χ1) is 7.11. The van der Waals surface area contributed by atoms with Gasteiger partial charge in [0.1, 0.15) is 0 Å². The first kappa shape index (κ1) is 9.97. The van der Waals surface area contributed by atoms with Crippen LogP contribution in [0.15, 0.2) is 22.7 Å². The molecule has 2 N–H and O–H groups in total. The molecule has 0 unspecified atom stereocenters. The molecule has 2 heterocycles. The first-order valence-corrected chi connectivity index (χ1v) is 4.94. The number of carbonyl (C=O) groups excluding carboxylic acids is 1. The van der Waals surface area contributed by atoms with E-state index in [1.807, 2.05) is 6.07 Å². The minimum atomic E-state index is -0.558. The van der Waals surface area contributed by atoms with Crippen LogP contribution in [0.5, 0.6) is 5.88 Å². The molecule has 5 nitrogen and oxygen atoms in total. The number of hydrogen-bond donors (Lipinski definition) is 1. The summed E-state index contributed by atoms with van der Waals surface area (Å²) in [5.74, 6) is -0.0243. The second kappa shape index (κ2) is 3.54. The summed E-state index contributed by atoms with van der Waals surface area (Å²) < 4.78 is 7.49. The fourth-order valence-electron chi connectivity index (χ4n) is 1.30. The lowest BCUT2D eigenvalue weighted by atomic mass is 10.3. The van der Waals surface area contributed by atoms with Gasteiger partial charge in [-0.25, -0.2) is 4.52 Å². The molecule has 2 aromatic rings. The van der Waals surface area contributed by atoms with Crippen LogP contribution in [0, 0.1) is 0 Å². The molecule has 0 radical (unpaired) electrons. The minimum Gasteiger partial charge on any atom is -0.481 e. The van der Waals surface area contributed by atoms with Crippen molar-refractivity contribution in [2.24, 2.45) is 5.73 Å². The molecule has 0 aliphatic carbocycles. The summed E-state index contributed by atoms with van der Waals surface area (Å²) in [5.41, 5.74) is 6.10. The fraction of sp³-hybridized carbons (Fsp3) is 0.111. The fourth-order valence-corrected chi connectivity index (χ4v) is 1.73. The van der Waals surface area contributed by atoms with Gasteiger partial charge in [0, 0.05) is 10.5 Å². The first-order valence-electron chi connectivity index (χ1n) is 4.15. The van der Waals surface area contributed by atoms with E-state index in [2.05, 4.69) is 21.0 Å². The minimum absolute atomic E-state index is 0.214. The number of ether oxygens (including phenoxy) is 1. The molecule has 1 amide bonds. The third-order valence-corrected chi connectivity index (χ3v) is 2.41. The van der Waals surface area contributed by atoms with Crippen molar-refractivity contribution >= 4 is 27.4 Å². The maximum Gasteiger partial charge on any atom is 0.269 e. The van der Waals surface area contributed by atoms with E-state index in [0.717, 1.165) is 9.99 Å². The molecular weight excluding hydrogens is 262 g/mol. The standard InChI is InChI=1S/C9H8BrN3O2/c1-15-8-3-5(10)2-6-4-7(9(11)14)12-13(6)8/h2-4H,1H3,(H2,11,14). The van der Waals surface area contributed by atoms with Crippen molar-refractivity contribution < 1.29 is 9.53 Å². The third kappa shape index (κ3) is 1.68. The van der Waals surface area contributed by atoms with Gasteiger partial charge in [-0.2, -0.15) is 5.10 Å². The summed E-state index contributed by atoms with van der Waals surface area (Å²) >= 11 is 3.33. The number of amides is 1. The van der Waals surface area contributed by atoms with Crippen LogP contribution >= 0.6 is 15.9 Å². The third-order valence-electron chi connectivity index (χ3n) is 1.95. The molecule has 0 saturated carbocycles. The molecule has 78 valence electrons. The maximum atomic E-state index is 10.9. The van der Waals surface area contributed by atoms with Crippen LogP contribution in [-0.2, 0) is 0 Å². The van der Waals surface area contributed by atoms with E-state index in [4.69, 9.17) is 10.5 Å². The Morgan fingerprint density at radius 1 is 1.53 bits per heavy atom. The average Bonchev–Trinajstić information content (AvgIpc) is 2.59. The Morgan fingerprint density at radius 2 is 2.27 bits per heavy atom. The van der Waals surface area contributed by atoms with Gasteiger partial charge < -0.3 is 10.5 Å². The summed E-state index contributed by atoms with van der Waals surface area (Å²) in [6.07, 6.45) is 0. The number of methoxy groups -OCH3 is 1. The number of nitrogens with zero attached hydrogens (tertiary/aromatic N) is 2. The highest BCUT2D eigenvalue weighted by molar-refractivity contribution is 9.10. The molecular formula is C9H8BrN3O2.